The zero-order valence-electron chi connectivity index (χ0n) is 32.0. The summed E-state index contributed by atoms with van der Waals surface area (Å²) in [5, 5.41) is 11.9. The molecule has 0 unspecified atom stereocenters. The zero-order chi connectivity index (χ0) is 37.7. The summed E-state index contributed by atoms with van der Waals surface area (Å²) in [5.74, 6) is 6.27. The number of aliphatic hydroxyl groups is 1. The maximum atomic E-state index is 11.9. The molecule has 0 aromatic heterocycles. The lowest BCUT2D eigenvalue weighted by molar-refractivity contribution is -0.282. The molecule has 282 valence electrons. The Kier molecular flexibility index (Phi) is 15.0. The molecule has 7 atom stereocenters. The third-order valence-corrected chi connectivity index (χ3v) is 14.5. The molecule has 0 aliphatic carbocycles. The summed E-state index contributed by atoms with van der Waals surface area (Å²) in [7, 11) is -2.09. The number of hydrogen-bond acceptors (Lipinski definition) is 7. The topological polar surface area (TPSA) is 75.6 Å². The SMILES string of the molecule is C[C@H](C#C[C@@H](O)[C@@H]1O[C@H](COCc2ccccc2)[C@@H](OCc2ccccc2)[C@H](OCc2ccccc2)[C@H]1OCc1ccccc1)O[Si](C)(C)C(C)(C)C. The molecule has 0 amide bonds. The first kappa shape index (κ1) is 40.6. The van der Waals surface area contributed by atoms with Crippen LogP contribution >= 0.6 is 0 Å². The van der Waals surface area contributed by atoms with Crippen molar-refractivity contribution in [1.82, 2.24) is 0 Å². The van der Waals surface area contributed by atoms with E-state index in [0.29, 0.717) is 19.8 Å². The Labute approximate surface area is 317 Å². The molecule has 1 N–H and O–H groups in total. The van der Waals surface area contributed by atoms with E-state index < -0.39 is 44.9 Å². The number of hydrogen-bond donors (Lipinski definition) is 1. The minimum Gasteiger partial charge on any atom is -0.404 e. The van der Waals surface area contributed by atoms with E-state index in [1.165, 1.54) is 0 Å². The molecule has 1 fully saturated rings. The molecule has 1 heterocycles. The Bertz CT molecular complexity index is 1690. The Hall–Kier alpha value is -3.62. The first-order valence-electron chi connectivity index (χ1n) is 18.6. The fourth-order valence-electron chi connectivity index (χ4n) is 6.01. The average molecular weight is 737 g/mol. The van der Waals surface area contributed by atoms with Gasteiger partial charge in [-0.1, -0.05) is 154 Å². The van der Waals surface area contributed by atoms with Crippen LogP contribution in [-0.4, -0.2) is 62.8 Å². The van der Waals surface area contributed by atoms with E-state index in [0.717, 1.165) is 22.3 Å². The monoisotopic (exact) mass is 736 g/mol. The van der Waals surface area contributed by atoms with Gasteiger partial charge in [0.25, 0.3) is 0 Å². The van der Waals surface area contributed by atoms with Gasteiger partial charge < -0.3 is 33.2 Å². The van der Waals surface area contributed by atoms with Gasteiger partial charge in [0, 0.05) is 0 Å². The number of aliphatic hydroxyl groups excluding tert-OH is 1. The van der Waals surface area contributed by atoms with E-state index >= 15 is 0 Å². The van der Waals surface area contributed by atoms with Crippen molar-refractivity contribution in [3.8, 4) is 11.8 Å². The Balaban J connectivity index is 1.48. The first-order valence-corrected chi connectivity index (χ1v) is 21.5. The molecule has 0 spiro atoms. The second-order valence-electron chi connectivity index (χ2n) is 15.2. The van der Waals surface area contributed by atoms with Crippen molar-refractivity contribution < 1.29 is 33.2 Å². The highest BCUT2D eigenvalue weighted by Gasteiger charge is 2.50. The lowest BCUT2D eigenvalue weighted by atomic mass is 9.91. The maximum absolute atomic E-state index is 11.9. The first-order chi connectivity index (χ1) is 25.5. The van der Waals surface area contributed by atoms with Crippen LogP contribution in [0.3, 0.4) is 0 Å². The van der Waals surface area contributed by atoms with Gasteiger partial charge in [0.05, 0.1) is 33.0 Å². The summed E-state index contributed by atoms with van der Waals surface area (Å²) < 4.78 is 39.9. The van der Waals surface area contributed by atoms with Crippen LogP contribution in [0.2, 0.25) is 18.1 Å². The van der Waals surface area contributed by atoms with Crippen LogP contribution in [0.5, 0.6) is 0 Å². The minimum absolute atomic E-state index is 0.0233. The predicted octanol–water partition coefficient (Wildman–Crippen LogP) is 8.50. The zero-order valence-corrected chi connectivity index (χ0v) is 33.0. The van der Waals surface area contributed by atoms with Crippen LogP contribution in [0.15, 0.2) is 121 Å². The highest BCUT2D eigenvalue weighted by atomic mass is 28.4. The van der Waals surface area contributed by atoms with Gasteiger partial charge in [-0.15, -0.1) is 0 Å². The molecule has 7 nitrogen and oxygen atoms in total. The van der Waals surface area contributed by atoms with Gasteiger partial charge in [-0.3, -0.25) is 0 Å². The second-order valence-corrected chi connectivity index (χ2v) is 19.9. The Morgan fingerprint density at radius 2 is 1.04 bits per heavy atom. The van der Waals surface area contributed by atoms with E-state index in [9.17, 15) is 5.11 Å². The Morgan fingerprint density at radius 1 is 0.623 bits per heavy atom. The molecule has 4 aromatic rings. The predicted molar refractivity (Wildman–Crippen MR) is 211 cm³/mol. The summed E-state index contributed by atoms with van der Waals surface area (Å²) in [5.41, 5.74) is 4.06. The quantitative estimate of drug-likeness (QED) is 0.0914. The van der Waals surface area contributed by atoms with Crippen molar-refractivity contribution in [2.75, 3.05) is 6.61 Å². The van der Waals surface area contributed by atoms with E-state index in [2.05, 4.69) is 45.7 Å². The molecular formula is C45H56O7Si. The van der Waals surface area contributed by atoms with E-state index in [1.54, 1.807) is 0 Å². The van der Waals surface area contributed by atoms with Crippen LogP contribution in [0.25, 0.3) is 0 Å². The summed E-state index contributed by atoms with van der Waals surface area (Å²) in [6, 6.07) is 40.0. The molecule has 8 heteroatoms. The van der Waals surface area contributed by atoms with Crippen LogP contribution < -0.4 is 0 Å². The van der Waals surface area contributed by atoms with Gasteiger partial charge in [-0.05, 0) is 47.3 Å². The van der Waals surface area contributed by atoms with Gasteiger partial charge >= 0.3 is 0 Å². The summed E-state index contributed by atoms with van der Waals surface area (Å²) in [6.07, 6.45) is -5.08. The van der Waals surface area contributed by atoms with Crippen molar-refractivity contribution in [3.05, 3.63) is 144 Å². The summed E-state index contributed by atoms with van der Waals surface area (Å²) >= 11 is 0. The highest BCUT2D eigenvalue weighted by molar-refractivity contribution is 6.74. The van der Waals surface area contributed by atoms with Gasteiger partial charge in [0.2, 0.25) is 0 Å². The molecule has 4 aromatic carbocycles. The number of ether oxygens (including phenoxy) is 5. The fourth-order valence-corrected chi connectivity index (χ4v) is 7.31. The molecule has 53 heavy (non-hydrogen) atoms. The van der Waals surface area contributed by atoms with Gasteiger partial charge in [-0.2, -0.15) is 0 Å². The average Bonchev–Trinajstić information content (AvgIpc) is 3.16. The van der Waals surface area contributed by atoms with Crippen molar-refractivity contribution in [1.29, 1.82) is 0 Å². The van der Waals surface area contributed by atoms with E-state index in [4.69, 9.17) is 28.1 Å². The minimum atomic E-state index is -2.09. The smallest absolute Gasteiger partial charge is 0.193 e. The van der Waals surface area contributed by atoms with Crippen molar-refractivity contribution in [2.45, 2.75) is 115 Å². The third-order valence-electron chi connectivity index (χ3n) is 9.94. The van der Waals surface area contributed by atoms with E-state index in [1.807, 2.05) is 128 Å². The van der Waals surface area contributed by atoms with Crippen molar-refractivity contribution in [3.63, 3.8) is 0 Å². The molecule has 0 bridgehead atoms. The molecule has 1 aliphatic rings. The molecule has 1 aliphatic heterocycles. The van der Waals surface area contributed by atoms with Gasteiger partial charge in [0.15, 0.2) is 8.32 Å². The number of benzene rings is 4. The van der Waals surface area contributed by atoms with Crippen molar-refractivity contribution >= 4 is 8.32 Å². The van der Waals surface area contributed by atoms with Crippen molar-refractivity contribution in [2.24, 2.45) is 0 Å². The highest BCUT2D eigenvalue weighted by Crippen LogP contribution is 2.37. The largest absolute Gasteiger partial charge is 0.404 e. The molecule has 0 radical (unpaired) electrons. The van der Waals surface area contributed by atoms with Crippen LogP contribution in [0, 0.1) is 11.8 Å². The van der Waals surface area contributed by atoms with E-state index in [-0.39, 0.29) is 24.4 Å². The number of rotatable bonds is 16. The standard InChI is InChI=1S/C45H56O7Si/c1-34(52-53(5,6)45(2,3)4)27-28-39(46)41-43(49-31-37-23-15-9-16-24-37)44(50-32-38-25-17-10-18-26-38)42(48-30-36-21-13-8-14-22-36)40(51-41)33-47-29-35-19-11-7-12-20-35/h7-26,34,39-44,46H,29-33H2,1-6H3/t34-,39-,40-,41+,42-,43+,44+/m1/s1. The van der Waals surface area contributed by atoms with Crippen LogP contribution in [0.1, 0.15) is 49.9 Å². The third kappa shape index (κ3) is 12.2. The van der Waals surface area contributed by atoms with Crippen LogP contribution in [-0.2, 0) is 54.5 Å². The summed E-state index contributed by atoms with van der Waals surface area (Å²) in [4.78, 5) is 0. The van der Waals surface area contributed by atoms with Gasteiger partial charge in [0.1, 0.15) is 42.7 Å². The fraction of sp³-hybridized carbons (Fsp3) is 0.422. The summed E-state index contributed by atoms with van der Waals surface area (Å²) in [6.45, 7) is 14.4. The van der Waals surface area contributed by atoms with Crippen LogP contribution in [0.4, 0.5) is 0 Å². The molecule has 0 saturated carbocycles. The lowest BCUT2D eigenvalue weighted by Crippen LogP contribution is -2.63. The Morgan fingerprint density at radius 3 is 1.49 bits per heavy atom. The maximum Gasteiger partial charge on any atom is 0.193 e. The van der Waals surface area contributed by atoms with Gasteiger partial charge in [-0.25, -0.2) is 0 Å². The molecule has 5 rings (SSSR count). The molecule has 1 saturated heterocycles. The normalized spacial score (nSPS) is 21.7. The molecular weight excluding hydrogens is 681 g/mol. The second kappa shape index (κ2) is 19.6. The lowest BCUT2D eigenvalue weighted by Gasteiger charge is -2.47.